The van der Waals surface area contributed by atoms with E-state index in [2.05, 4.69) is 10.3 Å². The van der Waals surface area contributed by atoms with Crippen LogP contribution in [0.15, 0.2) is 83.5 Å². The van der Waals surface area contributed by atoms with E-state index in [1.165, 1.54) is 30.5 Å². The number of para-hydroxylation sites is 1. The number of carbonyl (C=O) groups is 2. The maximum Gasteiger partial charge on any atom is 0.340 e. The van der Waals surface area contributed by atoms with Crippen molar-refractivity contribution in [1.82, 2.24) is 4.98 Å². The molecule has 1 amide bonds. The minimum atomic E-state index is -0.685. The van der Waals surface area contributed by atoms with Crippen LogP contribution in [0.4, 0.5) is 11.4 Å². The highest BCUT2D eigenvalue weighted by Gasteiger charge is 2.19. The summed E-state index contributed by atoms with van der Waals surface area (Å²) < 4.78 is 10.8. The van der Waals surface area contributed by atoms with Crippen LogP contribution in [0.25, 0.3) is 11.5 Å². The fourth-order valence-corrected chi connectivity index (χ4v) is 3.33. The SMILES string of the molecule is O=C(Nc1ccccc1C(=O)OCc1coc(-c2ccccc2)n1)c1ccc([N+](=O)[O-])cc1Cl. The number of anilines is 1. The largest absolute Gasteiger partial charge is 0.455 e. The van der Waals surface area contributed by atoms with Gasteiger partial charge in [-0.05, 0) is 30.3 Å². The third kappa shape index (κ3) is 5.11. The number of nitrogens with zero attached hydrogens (tertiary/aromatic N) is 2. The van der Waals surface area contributed by atoms with Crippen LogP contribution in [0, 0.1) is 10.1 Å². The van der Waals surface area contributed by atoms with Gasteiger partial charge in [0.15, 0.2) is 0 Å². The molecule has 0 saturated carbocycles. The third-order valence-electron chi connectivity index (χ3n) is 4.73. The molecule has 34 heavy (non-hydrogen) atoms. The molecule has 0 unspecified atom stereocenters. The molecule has 1 N–H and O–H groups in total. The summed E-state index contributed by atoms with van der Waals surface area (Å²) in [5, 5.41) is 13.4. The first-order valence-electron chi connectivity index (χ1n) is 9.93. The van der Waals surface area contributed by atoms with E-state index in [0.717, 1.165) is 11.6 Å². The van der Waals surface area contributed by atoms with Crippen molar-refractivity contribution in [3.05, 3.63) is 111 Å². The van der Waals surface area contributed by atoms with Crippen molar-refractivity contribution >= 4 is 34.9 Å². The second-order valence-electron chi connectivity index (χ2n) is 7.01. The molecular formula is C24H16ClN3O6. The lowest BCUT2D eigenvalue weighted by Crippen LogP contribution is -2.16. The van der Waals surface area contributed by atoms with Gasteiger partial charge in [0.2, 0.25) is 5.89 Å². The highest BCUT2D eigenvalue weighted by molar-refractivity contribution is 6.34. The molecule has 9 nitrogen and oxygen atoms in total. The Morgan fingerprint density at radius 2 is 1.76 bits per heavy atom. The normalized spacial score (nSPS) is 10.5. The van der Waals surface area contributed by atoms with E-state index in [9.17, 15) is 19.7 Å². The van der Waals surface area contributed by atoms with Gasteiger partial charge in [0.05, 0.1) is 26.8 Å². The second-order valence-corrected chi connectivity index (χ2v) is 7.41. The number of hydrogen-bond acceptors (Lipinski definition) is 7. The number of carbonyl (C=O) groups excluding carboxylic acids is 2. The summed E-state index contributed by atoms with van der Waals surface area (Å²) in [7, 11) is 0. The highest BCUT2D eigenvalue weighted by Crippen LogP contribution is 2.25. The molecule has 4 rings (SSSR count). The van der Waals surface area contributed by atoms with Crippen LogP contribution in [0.1, 0.15) is 26.4 Å². The molecule has 3 aromatic carbocycles. The van der Waals surface area contributed by atoms with E-state index in [0.29, 0.717) is 11.6 Å². The second kappa shape index (κ2) is 9.97. The first kappa shape index (κ1) is 22.7. The summed E-state index contributed by atoms with van der Waals surface area (Å²) in [6, 6.07) is 19.0. The summed E-state index contributed by atoms with van der Waals surface area (Å²) in [4.78, 5) is 39.9. The lowest BCUT2D eigenvalue weighted by atomic mass is 10.1. The summed E-state index contributed by atoms with van der Waals surface area (Å²) in [6.07, 6.45) is 1.40. The number of ether oxygens (including phenoxy) is 1. The van der Waals surface area contributed by atoms with E-state index in [4.69, 9.17) is 20.8 Å². The molecule has 10 heteroatoms. The van der Waals surface area contributed by atoms with Gasteiger partial charge in [0.25, 0.3) is 11.6 Å². The number of amides is 1. The number of nitrogens with one attached hydrogen (secondary N) is 1. The van der Waals surface area contributed by atoms with Crippen molar-refractivity contribution in [3.8, 4) is 11.5 Å². The van der Waals surface area contributed by atoms with Gasteiger partial charge in [-0.3, -0.25) is 14.9 Å². The Balaban J connectivity index is 1.45. The molecule has 1 aromatic heterocycles. The van der Waals surface area contributed by atoms with E-state index < -0.39 is 16.8 Å². The summed E-state index contributed by atoms with van der Waals surface area (Å²) in [5.41, 5.74) is 1.29. The van der Waals surface area contributed by atoms with Crippen LogP contribution in [-0.4, -0.2) is 21.8 Å². The van der Waals surface area contributed by atoms with Crippen LogP contribution in [-0.2, 0) is 11.3 Å². The number of rotatable bonds is 7. The molecular weight excluding hydrogens is 462 g/mol. The van der Waals surface area contributed by atoms with Crippen LogP contribution in [0.3, 0.4) is 0 Å². The molecule has 0 radical (unpaired) electrons. The topological polar surface area (TPSA) is 125 Å². The number of benzene rings is 3. The molecule has 0 aliphatic carbocycles. The molecule has 0 fully saturated rings. The Bertz CT molecular complexity index is 1370. The van der Waals surface area contributed by atoms with Crippen molar-refractivity contribution in [3.63, 3.8) is 0 Å². The fraction of sp³-hybridized carbons (Fsp3) is 0.0417. The standard InChI is InChI=1S/C24H16ClN3O6/c25-20-12-17(28(31)32)10-11-18(20)22(29)27-21-9-5-4-8-19(21)24(30)34-14-16-13-33-23(26-16)15-6-2-1-3-7-15/h1-13H,14H2,(H,27,29). The van der Waals surface area contributed by atoms with Gasteiger partial charge in [-0.2, -0.15) is 0 Å². The Labute approximate surface area is 198 Å². The number of esters is 1. The Hall–Kier alpha value is -4.50. The number of nitro groups is 1. The van der Waals surface area contributed by atoms with Crippen LogP contribution < -0.4 is 5.32 Å². The molecule has 0 aliphatic rings. The number of oxazole rings is 1. The molecule has 4 aromatic rings. The summed E-state index contributed by atoms with van der Waals surface area (Å²) in [6.45, 7) is -0.133. The Morgan fingerprint density at radius 3 is 2.50 bits per heavy atom. The predicted octanol–water partition coefficient (Wildman–Crippen LogP) is 5.51. The number of nitro benzene ring substituents is 1. The predicted molar refractivity (Wildman–Crippen MR) is 124 cm³/mol. The highest BCUT2D eigenvalue weighted by atomic mass is 35.5. The molecule has 170 valence electrons. The summed E-state index contributed by atoms with van der Waals surface area (Å²) in [5.74, 6) is -0.918. The van der Waals surface area contributed by atoms with Crippen molar-refractivity contribution in [2.45, 2.75) is 6.61 Å². The zero-order valence-electron chi connectivity index (χ0n) is 17.4. The van der Waals surface area contributed by atoms with Gasteiger partial charge in [-0.25, -0.2) is 9.78 Å². The molecule has 0 spiro atoms. The number of hydrogen-bond donors (Lipinski definition) is 1. The van der Waals surface area contributed by atoms with Crippen LogP contribution >= 0.6 is 11.6 Å². The minimum Gasteiger partial charge on any atom is -0.455 e. The number of aromatic nitrogens is 1. The van der Waals surface area contributed by atoms with Gasteiger partial charge >= 0.3 is 5.97 Å². The number of non-ortho nitro benzene ring substituents is 1. The molecule has 0 saturated heterocycles. The van der Waals surface area contributed by atoms with Gasteiger partial charge in [0.1, 0.15) is 18.6 Å². The third-order valence-corrected chi connectivity index (χ3v) is 5.04. The van der Waals surface area contributed by atoms with E-state index in [1.807, 2.05) is 30.3 Å². The monoisotopic (exact) mass is 477 g/mol. The average Bonchev–Trinajstić information content (AvgIpc) is 3.32. The first-order valence-corrected chi connectivity index (χ1v) is 10.3. The van der Waals surface area contributed by atoms with Crippen LogP contribution in [0.2, 0.25) is 5.02 Å². The van der Waals surface area contributed by atoms with Crippen molar-refractivity contribution in [2.24, 2.45) is 0 Å². The fourth-order valence-electron chi connectivity index (χ4n) is 3.07. The van der Waals surface area contributed by atoms with Crippen molar-refractivity contribution in [2.75, 3.05) is 5.32 Å². The zero-order chi connectivity index (χ0) is 24.1. The smallest absolute Gasteiger partial charge is 0.340 e. The van der Waals surface area contributed by atoms with Crippen molar-refractivity contribution in [1.29, 1.82) is 0 Å². The van der Waals surface area contributed by atoms with E-state index in [-0.39, 0.29) is 34.1 Å². The molecule has 0 bridgehead atoms. The van der Waals surface area contributed by atoms with Gasteiger partial charge in [-0.15, -0.1) is 0 Å². The minimum absolute atomic E-state index is 0.0199. The lowest BCUT2D eigenvalue weighted by Gasteiger charge is -2.11. The quantitative estimate of drug-likeness (QED) is 0.211. The zero-order valence-corrected chi connectivity index (χ0v) is 18.2. The lowest BCUT2D eigenvalue weighted by molar-refractivity contribution is -0.384. The van der Waals surface area contributed by atoms with Crippen LogP contribution in [0.5, 0.6) is 0 Å². The van der Waals surface area contributed by atoms with E-state index in [1.54, 1.807) is 12.1 Å². The van der Waals surface area contributed by atoms with Gasteiger partial charge in [-0.1, -0.05) is 41.9 Å². The summed E-state index contributed by atoms with van der Waals surface area (Å²) >= 11 is 6.03. The molecule has 0 atom stereocenters. The number of halogens is 1. The van der Waals surface area contributed by atoms with E-state index >= 15 is 0 Å². The Kier molecular flexibility index (Phi) is 6.65. The average molecular weight is 478 g/mol. The van der Waals surface area contributed by atoms with Gasteiger partial charge < -0.3 is 14.5 Å². The molecule has 1 heterocycles. The maximum atomic E-state index is 12.7. The molecule has 0 aliphatic heterocycles. The van der Waals surface area contributed by atoms with Gasteiger partial charge in [0, 0.05) is 17.7 Å². The van der Waals surface area contributed by atoms with Crippen molar-refractivity contribution < 1.29 is 23.7 Å². The maximum absolute atomic E-state index is 12.7. The Morgan fingerprint density at radius 1 is 1.03 bits per heavy atom. The first-order chi connectivity index (χ1) is 16.4.